The van der Waals surface area contributed by atoms with Crippen LogP contribution in [0.4, 0.5) is 0 Å². The number of para-hydroxylation sites is 4. The average molecular weight is 588 g/mol. The van der Waals surface area contributed by atoms with E-state index < -0.39 is 0 Å². The van der Waals surface area contributed by atoms with Crippen LogP contribution < -0.4 is 0 Å². The predicted molar refractivity (Wildman–Crippen MR) is 189 cm³/mol. The summed E-state index contributed by atoms with van der Waals surface area (Å²) >= 11 is 0. The standard InChI is InChI=1S/C41H25N5/c1-3-14-26(15-4-1)37-28-18-7-10-22-32(28)43-41(44-37)46-34-24-12-8-19-29(34)35-31-21-13-25-42-38(31)36-30-20-9-11-23-33(30)45(40(36)39(35)46)27-16-5-2-6-17-27/h1-25H. The van der Waals surface area contributed by atoms with Gasteiger partial charge in [-0.2, -0.15) is 0 Å². The van der Waals surface area contributed by atoms with Gasteiger partial charge in [0.1, 0.15) is 0 Å². The summed E-state index contributed by atoms with van der Waals surface area (Å²) in [5.74, 6) is 0.637. The number of nitrogens with zero attached hydrogens (tertiary/aromatic N) is 5. The molecule has 0 spiro atoms. The van der Waals surface area contributed by atoms with E-state index in [1.165, 1.54) is 0 Å². The maximum Gasteiger partial charge on any atom is 0.235 e. The summed E-state index contributed by atoms with van der Waals surface area (Å²) in [5, 5.41) is 6.70. The summed E-state index contributed by atoms with van der Waals surface area (Å²) in [5.41, 5.74) is 9.28. The minimum absolute atomic E-state index is 0.637. The zero-order valence-electron chi connectivity index (χ0n) is 24.7. The second kappa shape index (κ2) is 9.58. The van der Waals surface area contributed by atoms with Crippen molar-refractivity contribution >= 4 is 65.4 Å². The Morgan fingerprint density at radius 1 is 0.435 bits per heavy atom. The van der Waals surface area contributed by atoms with Gasteiger partial charge in [-0.15, -0.1) is 0 Å². The molecule has 0 saturated heterocycles. The third-order valence-electron chi connectivity index (χ3n) is 9.14. The molecular formula is C41H25N5. The number of rotatable bonds is 3. The Balaban J connectivity index is 1.50. The van der Waals surface area contributed by atoms with Crippen LogP contribution in [0.15, 0.2) is 152 Å². The summed E-state index contributed by atoms with van der Waals surface area (Å²) in [7, 11) is 0. The van der Waals surface area contributed by atoms with Crippen molar-refractivity contribution in [3.63, 3.8) is 0 Å². The van der Waals surface area contributed by atoms with E-state index in [1.54, 1.807) is 0 Å². The lowest BCUT2D eigenvalue weighted by molar-refractivity contribution is 1.01. The van der Waals surface area contributed by atoms with Crippen molar-refractivity contribution < 1.29 is 0 Å². The van der Waals surface area contributed by atoms with E-state index >= 15 is 0 Å². The highest BCUT2D eigenvalue weighted by atomic mass is 15.2. The highest BCUT2D eigenvalue weighted by molar-refractivity contribution is 6.35. The summed E-state index contributed by atoms with van der Waals surface area (Å²) in [6.07, 6.45) is 1.90. The zero-order chi connectivity index (χ0) is 30.2. The monoisotopic (exact) mass is 587 g/mol. The third-order valence-corrected chi connectivity index (χ3v) is 9.14. The topological polar surface area (TPSA) is 48.5 Å². The molecule has 0 bridgehead atoms. The first-order valence-corrected chi connectivity index (χ1v) is 15.5. The van der Waals surface area contributed by atoms with Crippen molar-refractivity contribution in [1.82, 2.24) is 24.1 Å². The van der Waals surface area contributed by atoms with Crippen LogP contribution >= 0.6 is 0 Å². The van der Waals surface area contributed by atoms with Gasteiger partial charge in [0.05, 0.1) is 38.8 Å². The first-order valence-electron chi connectivity index (χ1n) is 15.5. The quantitative estimate of drug-likeness (QED) is 0.207. The van der Waals surface area contributed by atoms with Gasteiger partial charge in [0, 0.05) is 49.8 Å². The van der Waals surface area contributed by atoms with Gasteiger partial charge in [-0.3, -0.25) is 9.55 Å². The molecule has 0 amide bonds. The van der Waals surface area contributed by atoms with Crippen molar-refractivity contribution in [1.29, 1.82) is 0 Å². The van der Waals surface area contributed by atoms with Crippen LogP contribution in [0, 0.1) is 0 Å². The van der Waals surface area contributed by atoms with Crippen LogP contribution in [0.25, 0.3) is 88.3 Å². The molecule has 5 nitrogen and oxygen atoms in total. The van der Waals surface area contributed by atoms with E-state index in [9.17, 15) is 0 Å². The summed E-state index contributed by atoms with van der Waals surface area (Å²) in [6, 6.07) is 50.8. The van der Waals surface area contributed by atoms with Crippen molar-refractivity contribution in [2.45, 2.75) is 0 Å². The summed E-state index contributed by atoms with van der Waals surface area (Å²) in [6.45, 7) is 0. The van der Waals surface area contributed by atoms with Gasteiger partial charge in [-0.1, -0.05) is 109 Å². The van der Waals surface area contributed by atoms with Gasteiger partial charge in [0.25, 0.3) is 0 Å². The second-order valence-electron chi connectivity index (χ2n) is 11.6. The van der Waals surface area contributed by atoms with Crippen LogP contribution in [0.1, 0.15) is 0 Å². The fraction of sp³-hybridized carbons (Fsp3) is 0. The molecule has 6 aromatic carbocycles. The average Bonchev–Trinajstić information content (AvgIpc) is 3.66. The number of pyridine rings is 1. The Bertz CT molecular complexity index is 2790. The molecule has 0 aliphatic rings. The fourth-order valence-corrected chi connectivity index (χ4v) is 7.28. The smallest absolute Gasteiger partial charge is 0.235 e. The van der Waals surface area contributed by atoms with Gasteiger partial charge < -0.3 is 4.57 Å². The van der Waals surface area contributed by atoms with Gasteiger partial charge in [0.2, 0.25) is 5.95 Å². The molecule has 0 unspecified atom stereocenters. The maximum absolute atomic E-state index is 5.38. The van der Waals surface area contributed by atoms with Gasteiger partial charge in [-0.05, 0) is 36.4 Å². The molecule has 0 radical (unpaired) electrons. The molecule has 10 aromatic rings. The lowest BCUT2D eigenvalue weighted by Gasteiger charge is -2.14. The summed E-state index contributed by atoms with van der Waals surface area (Å²) < 4.78 is 4.66. The van der Waals surface area contributed by atoms with Crippen molar-refractivity contribution in [3.8, 4) is 22.9 Å². The second-order valence-corrected chi connectivity index (χ2v) is 11.6. The Labute approximate surface area is 263 Å². The molecule has 0 fully saturated rings. The number of hydrogen-bond donors (Lipinski definition) is 0. The first kappa shape index (κ1) is 25.0. The van der Waals surface area contributed by atoms with Crippen LogP contribution in [0.3, 0.4) is 0 Å². The SMILES string of the molecule is c1ccc(-c2nc(-n3c4ccccc4c4c5cccnc5c5c6ccccc6n(-c6ccccc6)c5c43)nc3ccccc23)cc1. The van der Waals surface area contributed by atoms with E-state index in [0.717, 1.165) is 82.4 Å². The maximum atomic E-state index is 5.38. The molecule has 4 heterocycles. The molecule has 0 N–H and O–H groups in total. The predicted octanol–water partition coefficient (Wildman–Crippen LogP) is 10.0. The highest BCUT2D eigenvalue weighted by Crippen LogP contribution is 2.46. The molecule has 10 rings (SSSR count). The normalized spacial score (nSPS) is 11.9. The molecule has 0 aliphatic heterocycles. The highest BCUT2D eigenvalue weighted by Gasteiger charge is 2.26. The number of benzene rings is 6. The fourth-order valence-electron chi connectivity index (χ4n) is 7.28. The Morgan fingerprint density at radius 2 is 1.02 bits per heavy atom. The summed E-state index contributed by atoms with van der Waals surface area (Å²) in [4.78, 5) is 15.7. The lowest BCUT2D eigenvalue weighted by Crippen LogP contribution is -2.05. The molecule has 0 aliphatic carbocycles. The van der Waals surface area contributed by atoms with Crippen LogP contribution in [0.2, 0.25) is 0 Å². The Morgan fingerprint density at radius 3 is 1.80 bits per heavy atom. The zero-order valence-corrected chi connectivity index (χ0v) is 24.7. The van der Waals surface area contributed by atoms with E-state index in [4.69, 9.17) is 15.0 Å². The first-order chi connectivity index (χ1) is 22.9. The molecule has 5 heteroatoms. The molecule has 4 aromatic heterocycles. The van der Waals surface area contributed by atoms with Crippen molar-refractivity contribution in [3.05, 3.63) is 152 Å². The van der Waals surface area contributed by atoms with E-state index in [0.29, 0.717) is 5.95 Å². The lowest BCUT2D eigenvalue weighted by atomic mass is 10.0. The third kappa shape index (κ3) is 3.42. The molecular weight excluding hydrogens is 562 g/mol. The van der Waals surface area contributed by atoms with Crippen molar-refractivity contribution in [2.24, 2.45) is 0 Å². The molecule has 0 atom stereocenters. The van der Waals surface area contributed by atoms with Gasteiger partial charge in [-0.25, -0.2) is 9.97 Å². The van der Waals surface area contributed by atoms with Crippen LogP contribution in [-0.2, 0) is 0 Å². The minimum atomic E-state index is 0.637. The minimum Gasteiger partial charge on any atom is -0.307 e. The Kier molecular flexibility index (Phi) is 5.22. The number of fused-ring (bicyclic) bond motifs is 11. The van der Waals surface area contributed by atoms with Gasteiger partial charge in [0.15, 0.2) is 0 Å². The van der Waals surface area contributed by atoms with Crippen molar-refractivity contribution in [2.75, 3.05) is 0 Å². The molecule has 0 saturated carbocycles. The van der Waals surface area contributed by atoms with E-state index in [1.807, 2.05) is 24.4 Å². The van der Waals surface area contributed by atoms with Crippen LogP contribution in [0.5, 0.6) is 0 Å². The largest absolute Gasteiger partial charge is 0.307 e. The van der Waals surface area contributed by atoms with E-state index in [2.05, 4.69) is 137 Å². The van der Waals surface area contributed by atoms with Crippen LogP contribution in [-0.4, -0.2) is 24.1 Å². The molecule has 46 heavy (non-hydrogen) atoms. The number of aromatic nitrogens is 5. The molecule has 214 valence electrons. The van der Waals surface area contributed by atoms with Gasteiger partial charge >= 0.3 is 0 Å². The number of hydrogen-bond acceptors (Lipinski definition) is 3. The van der Waals surface area contributed by atoms with E-state index in [-0.39, 0.29) is 0 Å². The Hall–Kier alpha value is -6.33.